The first-order valence-electron chi connectivity index (χ1n) is 18.2. The number of likely N-dealkylation sites (N-methyl/N-ethyl adjacent to an activating group) is 1. The minimum Gasteiger partial charge on any atom is -0.494 e. The first kappa shape index (κ1) is 44.4. The molecule has 0 saturated heterocycles. The number of hydrogen-bond acceptors (Lipinski definition) is 11. The van der Waals surface area contributed by atoms with E-state index < -0.39 is 0 Å². The molecule has 0 bridgehead atoms. The van der Waals surface area contributed by atoms with Gasteiger partial charge < -0.3 is 38.6 Å². The molecule has 12 heteroatoms. The lowest BCUT2D eigenvalue weighted by Crippen LogP contribution is -2.38. The summed E-state index contributed by atoms with van der Waals surface area (Å²) in [5.74, 6) is 1.05. The predicted octanol–water partition coefficient (Wildman–Crippen LogP) is 6.70. The van der Waals surface area contributed by atoms with Gasteiger partial charge in [0.2, 0.25) is 0 Å². The fourth-order valence-corrected chi connectivity index (χ4v) is 4.95. The van der Waals surface area contributed by atoms with Crippen molar-refractivity contribution in [2.24, 2.45) is 11.8 Å². The predicted molar refractivity (Wildman–Crippen MR) is 203 cm³/mol. The van der Waals surface area contributed by atoms with Crippen molar-refractivity contribution in [1.29, 1.82) is 0 Å². The summed E-state index contributed by atoms with van der Waals surface area (Å²) in [4.78, 5) is 25.0. The van der Waals surface area contributed by atoms with Crippen LogP contribution in [0.15, 0.2) is 42.5 Å². The summed E-state index contributed by atoms with van der Waals surface area (Å²) >= 11 is 4.66. The fraction of sp³-hybridized carbons (Fsp3) is 0.641. The van der Waals surface area contributed by atoms with Crippen LogP contribution in [0.1, 0.15) is 71.9 Å². The Bertz CT molecular complexity index is 1250. The number of ether oxygens (including phenoxy) is 6. The molecule has 0 heterocycles. The van der Waals surface area contributed by atoms with Crippen LogP contribution in [-0.2, 0) is 28.5 Å². The standard InChI is InChI=1S/C39H61FN2O8S/c1-29(2)38(43)27-47-21-7-17-45-19-9-23-49-33-13-11-32(12-14-33)36(41-6)26-42(31(5)51)37-16-15-34(25-35(37)40)50-24-10-20-46-18-8-22-48-28-39(44)30(3)4/h11-16,25,29-31,36,41,51H,7-10,17-24,26-28H2,1-6H3/t31?,36-/m1/s1. The van der Waals surface area contributed by atoms with Gasteiger partial charge in [-0.15, -0.1) is 0 Å². The van der Waals surface area contributed by atoms with E-state index in [0.717, 1.165) is 24.2 Å². The van der Waals surface area contributed by atoms with Gasteiger partial charge in [-0.3, -0.25) is 9.59 Å². The van der Waals surface area contributed by atoms with Crippen LogP contribution >= 0.6 is 12.6 Å². The average Bonchev–Trinajstić information content (AvgIpc) is 3.10. The van der Waals surface area contributed by atoms with Gasteiger partial charge in [0.15, 0.2) is 11.6 Å². The van der Waals surface area contributed by atoms with E-state index in [9.17, 15) is 9.59 Å². The molecular formula is C39H61FN2O8S. The molecular weight excluding hydrogens is 676 g/mol. The summed E-state index contributed by atoms with van der Waals surface area (Å²) in [7, 11) is 1.88. The second kappa shape index (κ2) is 26.1. The second-order valence-corrected chi connectivity index (χ2v) is 13.7. The smallest absolute Gasteiger partial charge is 0.160 e. The monoisotopic (exact) mass is 736 g/mol. The lowest BCUT2D eigenvalue weighted by molar-refractivity contribution is -0.127. The van der Waals surface area contributed by atoms with E-state index in [4.69, 9.17) is 28.4 Å². The molecule has 0 fully saturated rings. The van der Waals surface area contributed by atoms with Crippen LogP contribution in [0, 0.1) is 17.7 Å². The van der Waals surface area contributed by atoms with Crippen LogP contribution in [0.5, 0.6) is 11.5 Å². The molecule has 0 aromatic heterocycles. The summed E-state index contributed by atoms with van der Waals surface area (Å²) in [6, 6.07) is 12.7. The third kappa shape index (κ3) is 18.5. The molecule has 1 unspecified atom stereocenters. The molecule has 2 rings (SSSR count). The zero-order valence-electron chi connectivity index (χ0n) is 31.5. The first-order chi connectivity index (χ1) is 24.5. The van der Waals surface area contributed by atoms with Gasteiger partial charge in [0, 0.05) is 83.0 Å². The van der Waals surface area contributed by atoms with E-state index in [2.05, 4.69) is 17.9 Å². The molecule has 51 heavy (non-hydrogen) atoms. The second-order valence-electron chi connectivity index (χ2n) is 13.0. The van der Waals surface area contributed by atoms with Gasteiger partial charge >= 0.3 is 0 Å². The zero-order valence-corrected chi connectivity index (χ0v) is 32.4. The maximum absolute atomic E-state index is 15.4. The number of ketones is 2. The summed E-state index contributed by atoms with van der Waals surface area (Å²) in [6.45, 7) is 14.3. The van der Waals surface area contributed by atoms with Crippen molar-refractivity contribution in [3.05, 3.63) is 53.8 Å². The number of hydrogen-bond donors (Lipinski definition) is 2. The average molecular weight is 737 g/mol. The lowest BCUT2D eigenvalue weighted by atomic mass is 10.1. The Kier molecular flexibility index (Phi) is 22.7. The fourth-order valence-electron chi connectivity index (χ4n) is 4.73. The number of nitrogens with zero attached hydrogens (tertiary/aromatic N) is 1. The number of anilines is 1. The summed E-state index contributed by atoms with van der Waals surface area (Å²) in [6.07, 6.45) is 2.88. The number of Topliss-reactive ketones (excluding diaryl/α,β-unsaturated/α-hetero) is 2. The SMILES string of the molecule is CN[C@H](CN(c1ccc(OCCCOCCCOCC(=O)C(C)C)cc1F)C(C)S)c1ccc(OCCCOCCCOCC(=O)C(C)C)cc1. The molecule has 0 saturated carbocycles. The normalized spacial score (nSPS) is 12.7. The molecule has 2 aromatic rings. The summed E-state index contributed by atoms with van der Waals surface area (Å²) in [5, 5.41) is 3.10. The minimum atomic E-state index is -0.380. The van der Waals surface area contributed by atoms with Gasteiger partial charge in [0.25, 0.3) is 0 Å². The first-order valence-corrected chi connectivity index (χ1v) is 18.7. The lowest BCUT2D eigenvalue weighted by Gasteiger charge is -2.32. The number of carbonyl (C=O) groups is 2. The highest BCUT2D eigenvalue weighted by Crippen LogP contribution is 2.29. The van der Waals surface area contributed by atoms with Gasteiger partial charge in [-0.1, -0.05) is 39.8 Å². The van der Waals surface area contributed by atoms with E-state index in [0.29, 0.717) is 83.7 Å². The number of halogens is 1. The van der Waals surface area contributed by atoms with E-state index >= 15 is 4.39 Å². The zero-order chi connectivity index (χ0) is 37.4. The summed E-state index contributed by atoms with van der Waals surface area (Å²) < 4.78 is 49.0. The van der Waals surface area contributed by atoms with Gasteiger partial charge in [-0.05, 0) is 56.6 Å². The minimum absolute atomic E-state index is 0.00150. The highest BCUT2D eigenvalue weighted by Gasteiger charge is 2.21. The van der Waals surface area contributed by atoms with Crippen molar-refractivity contribution < 1.29 is 42.4 Å². The van der Waals surface area contributed by atoms with E-state index in [1.807, 2.05) is 70.8 Å². The molecule has 0 aliphatic heterocycles. The topological polar surface area (TPSA) is 105 Å². The quantitative estimate of drug-likeness (QED) is 0.0512. The highest BCUT2D eigenvalue weighted by atomic mass is 32.1. The summed E-state index contributed by atoms with van der Waals surface area (Å²) in [5.41, 5.74) is 1.49. The molecule has 2 atom stereocenters. The molecule has 0 amide bonds. The Balaban J connectivity index is 1.71. The van der Waals surface area contributed by atoms with E-state index in [-0.39, 0.29) is 53.8 Å². The number of rotatable bonds is 30. The number of carbonyl (C=O) groups excluding carboxylic acids is 2. The van der Waals surface area contributed by atoms with Crippen LogP contribution in [0.4, 0.5) is 10.1 Å². The Labute approximate surface area is 310 Å². The maximum Gasteiger partial charge on any atom is 0.160 e. The van der Waals surface area contributed by atoms with Gasteiger partial charge in [0.1, 0.15) is 30.5 Å². The van der Waals surface area contributed by atoms with Gasteiger partial charge in [-0.2, -0.15) is 12.6 Å². The van der Waals surface area contributed by atoms with Crippen LogP contribution in [0.3, 0.4) is 0 Å². The van der Waals surface area contributed by atoms with E-state index in [1.54, 1.807) is 12.1 Å². The van der Waals surface area contributed by atoms with Crippen LogP contribution in [0.2, 0.25) is 0 Å². The Morgan fingerprint density at radius 3 is 1.59 bits per heavy atom. The Morgan fingerprint density at radius 2 is 1.14 bits per heavy atom. The van der Waals surface area contributed by atoms with Crippen molar-refractivity contribution in [3.63, 3.8) is 0 Å². The van der Waals surface area contributed by atoms with Crippen molar-refractivity contribution in [1.82, 2.24) is 5.32 Å². The van der Waals surface area contributed by atoms with Gasteiger partial charge in [0.05, 0.1) is 24.3 Å². The van der Waals surface area contributed by atoms with E-state index in [1.165, 1.54) is 6.07 Å². The number of nitrogens with one attached hydrogen (secondary N) is 1. The molecule has 288 valence electrons. The number of thiol groups is 1. The molecule has 0 aliphatic carbocycles. The molecule has 0 spiro atoms. The van der Waals surface area contributed by atoms with Crippen molar-refractivity contribution in [3.8, 4) is 11.5 Å². The molecule has 1 N–H and O–H groups in total. The Morgan fingerprint density at radius 1 is 0.686 bits per heavy atom. The van der Waals surface area contributed by atoms with Crippen molar-refractivity contribution in [2.75, 3.05) is 84.6 Å². The third-order valence-electron chi connectivity index (χ3n) is 8.02. The largest absolute Gasteiger partial charge is 0.494 e. The number of benzene rings is 2. The van der Waals surface area contributed by atoms with Crippen LogP contribution in [-0.4, -0.2) is 96.6 Å². The molecule has 0 radical (unpaired) electrons. The maximum atomic E-state index is 15.4. The highest BCUT2D eigenvalue weighted by molar-refractivity contribution is 7.81. The van der Waals surface area contributed by atoms with Crippen LogP contribution in [0.25, 0.3) is 0 Å². The molecule has 10 nitrogen and oxygen atoms in total. The van der Waals surface area contributed by atoms with Crippen molar-refractivity contribution >= 4 is 29.9 Å². The van der Waals surface area contributed by atoms with Crippen LogP contribution < -0.4 is 19.7 Å². The third-order valence-corrected chi connectivity index (χ3v) is 8.30. The Hall–Kier alpha value is -2.74. The molecule has 0 aliphatic rings. The van der Waals surface area contributed by atoms with Gasteiger partial charge in [-0.25, -0.2) is 4.39 Å². The van der Waals surface area contributed by atoms with Crippen molar-refractivity contribution in [2.45, 2.75) is 71.7 Å². The molecule has 2 aromatic carbocycles.